The van der Waals surface area contributed by atoms with Crippen LogP contribution >= 0.6 is 0 Å². The van der Waals surface area contributed by atoms with E-state index in [1.807, 2.05) is 0 Å². The molecule has 1 radical (unpaired) electrons. The number of nitrogens with one attached hydrogen (secondary N) is 3. The first kappa shape index (κ1) is 3.61. The Balaban J connectivity index is 2.37. The van der Waals surface area contributed by atoms with Gasteiger partial charge in [0.2, 0.25) is 0 Å². The molecule has 1 fully saturated rings. The molecule has 1 aliphatic heterocycles. The summed E-state index contributed by atoms with van der Waals surface area (Å²) in [5.41, 5.74) is 0. The van der Waals surface area contributed by atoms with E-state index in [1.54, 1.807) is 6.67 Å². The van der Waals surface area contributed by atoms with Crippen LogP contribution in [0, 0.1) is 12.1 Å². The fourth-order valence-corrected chi connectivity index (χ4v) is 0.342. The van der Waals surface area contributed by atoms with E-state index < -0.39 is 0 Å². The molecule has 1 saturated heterocycles. The molecule has 1 heterocycles. The highest BCUT2D eigenvalue weighted by molar-refractivity contribution is 5.83. The van der Waals surface area contributed by atoms with Crippen LogP contribution in [0.3, 0.4) is 0 Å². The summed E-state index contributed by atoms with van der Waals surface area (Å²) in [6.07, 6.45) is 0. The molecule has 0 bridgehead atoms. The third kappa shape index (κ3) is 0.490. The van der Waals surface area contributed by atoms with E-state index in [0.29, 0.717) is 12.4 Å². The molecule has 0 aromatic rings. The smallest absolute Gasteiger partial charge is 0.113 e. The second-order valence-corrected chi connectivity index (χ2v) is 1.15. The zero-order valence-electron chi connectivity index (χ0n) is 3.28. The first-order chi connectivity index (χ1) is 2.89. The van der Waals surface area contributed by atoms with E-state index in [1.165, 1.54) is 0 Å². The van der Waals surface area contributed by atoms with Gasteiger partial charge in [-0.15, -0.1) is 0 Å². The van der Waals surface area contributed by atoms with Crippen molar-refractivity contribution in [3.8, 4) is 0 Å². The lowest BCUT2D eigenvalue weighted by Gasteiger charge is -1.81. The van der Waals surface area contributed by atoms with Crippen molar-refractivity contribution >= 4 is 5.84 Å². The Labute approximate surface area is 36.2 Å². The van der Waals surface area contributed by atoms with Gasteiger partial charge in [0.1, 0.15) is 12.5 Å². The first-order valence-corrected chi connectivity index (χ1v) is 1.78. The molecule has 33 valence electrons. The molecule has 0 unspecified atom stereocenters. The molecule has 0 amide bonds. The van der Waals surface area contributed by atoms with E-state index in [-0.39, 0.29) is 0 Å². The largest absolute Gasteiger partial charge is 0.355 e. The predicted octanol–water partition coefficient (Wildman–Crippen LogP) is -0.724. The number of rotatable bonds is 0. The first-order valence-electron chi connectivity index (χ1n) is 1.78. The van der Waals surface area contributed by atoms with Gasteiger partial charge in [0.25, 0.3) is 0 Å². The molecule has 6 heavy (non-hydrogen) atoms. The Morgan fingerprint density at radius 2 is 2.67 bits per heavy atom. The Hall–Kier alpha value is -0.570. The molecule has 1 aliphatic rings. The molecule has 0 aliphatic carbocycles. The summed E-state index contributed by atoms with van der Waals surface area (Å²) in [6.45, 7) is 2.31. The van der Waals surface area contributed by atoms with Crippen molar-refractivity contribution in [3.63, 3.8) is 0 Å². The number of hydrogen-bond donors (Lipinski definition) is 3. The highest BCUT2D eigenvalue weighted by atomic mass is 15.2. The molecule has 1 rings (SSSR count). The third-order valence-electron chi connectivity index (χ3n) is 0.627. The third-order valence-corrected chi connectivity index (χ3v) is 0.627. The van der Waals surface area contributed by atoms with Crippen molar-refractivity contribution in [2.24, 2.45) is 0 Å². The van der Waals surface area contributed by atoms with Gasteiger partial charge in [-0.3, -0.25) is 10.7 Å². The maximum absolute atomic E-state index is 6.84. The average molecular weight is 84.1 g/mol. The van der Waals surface area contributed by atoms with Crippen molar-refractivity contribution in [1.29, 1.82) is 5.41 Å². The van der Waals surface area contributed by atoms with Gasteiger partial charge in [-0.25, -0.2) is 0 Å². The van der Waals surface area contributed by atoms with Gasteiger partial charge in [-0.2, -0.15) is 0 Å². The summed E-state index contributed by atoms with van der Waals surface area (Å²) in [5.74, 6) is 0.537. The highest BCUT2D eigenvalue weighted by Gasteiger charge is 2.00. The van der Waals surface area contributed by atoms with Gasteiger partial charge >= 0.3 is 0 Å². The molecule has 0 saturated carbocycles. The average Bonchev–Trinajstić information content (AvgIpc) is 1.86. The summed E-state index contributed by atoms with van der Waals surface area (Å²) in [4.78, 5) is 0. The Bertz CT molecular complexity index is 60.4. The second-order valence-electron chi connectivity index (χ2n) is 1.15. The lowest BCUT2D eigenvalue weighted by atomic mass is 10.6. The van der Waals surface area contributed by atoms with E-state index in [4.69, 9.17) is 5.41 Å². The van der Waals surface area contributed by atoms with E-state index in [2.05, 4.69) is 10.6 Å². The molecule has 3 N–H and O–H groups in total. The molecule has 3 nitrogen and oxygen atoms in total. The van der Waals surface area contributed by atoms with Crippen LogP contribution in [-0.2, 0) is 0 Å². The van der Waals surface area contributed by atoms with Crippen LogP contribution in [0.1, 0.15) is 0 Å². The molecule has 3 heteroatoms. The van der Waals surface area contributed by atoms with Crippen molar-refractivity contribution in [2.75, 3.05) is 6.54 Å². The fraction of sp³-hybridized carbons (Fsp3) is 0.333. The summed E-state index contributed by atoms with van der Waals surface area (Å²) in [6, 6.07) is 0. The van der Waals surface area contributed by atoms with Crippen LogP contribution in [0.15, 0.2) is 0 Å². The molecule has 0 aromatic carbocycles. The van der Waals surface area contributed by atoms with Crippen molar-refractivity contribution in [2.45, 2.75) is 0 Å². The van der Waals surface area contributed by atoms with Crippen LogP contribution in [0.2, 0.25) is 0 Å². The van der Waals surface area contributed by atoms with Crippen molar-refractivity contribution in [1.82, 2.24) is 10.6 Å². The van der Waals surface area contributed by atoms with Crippen LogP contribution < -0.4 is 10.6 Å². The fourth-order valence-electron chi connectivity index (χ4n) is 0.342. The quantitative estimate of drug-likeness (QED) is 0.362. The van der Waals surface area contributed by atoms with Gasteiger partial charge in [0.05, 0.1) is 6.54 Å². The maximum Gasteiger partial charge on any atom is 0.113 e. The molecular formula is C3H6N3. The number of amidine groups is 1. The summed E-state index contributed by atoms with van der Waals surface area (Å²) < 4.78 is 0. The van der Waals surface area contributed by atoms with E-state index in [0.717, 1.165) is 0 Å². The van der Waals surface area contributed by atoms with Crippen LogP contribution in [0.5, 0.6) is 0 Å². The van der Waals surface area contributed by atoms with Crippen LogP contribution in [0.4, 0.5) is 0 Å². The van der Waals surface area contributed by atoms with Crippen molar-refractivity contribution < 1.29 is 0 Å². The normalized spacial score (nSPS) is 21.0. The topological polar surface area (TPSA) is 47.9 Å². The SMILES string of the molecule is N=C1CN[CH]N1. The van der Waals surface area contributed by atoms with E-state index >= 15 is 0 Å². The molecular weight excluding hydrogens is 78.1 g/mol. The van der Waals surface area contributed by atoms with Gasteiger partial charge in [-0.1, -0.05) is 0 Å². The van der Waals surface area contributed by atoms with Crippen LogP contribution in [0.25, 0.3) is 0 Å². The summed E-state index contributed by atoms with van der Waals surface area (Å²) >= 11 is 0. The monoisotopic (exact) mass is 84.1 g/mol. The minimum Gasteiger partial charge on any atom is -0.355 e. The zero-order chi connectivity index (χ0) is 4.41. The minimum atomic E-state index is 0.537. The molecule has 0 aromatic heterocycles. The van der Waals surface area contributed by atoms with Gasteiger partial charge in [0, 0.05) is 0 Å². The second kappa shape index (κ2) is 1.26. The van der Waals surface area contributed by atoms with Crippen LogP contribution in [-0.4, -0.2) is 12.4 Å². The standard InChI is InChI=1S/C3H6N3/c4-3-1-5-2-6-3/h2,5H,1H2,(H2,4,6). The van der Waals surface area contributed by atoms with Gasteiger partial charge in [-0.05, 0) is 0 Å². The zero-order valence-corrected chi connectivity index (χ0v) is 3.28. The summed E-state index contributed by atoms with van der Waals surface area (Å²) in [5, 5.41) is 12.3. The van der Waals surface area contributed by atoms with Crippen molar-refractivity contribution in [3.05, 3.63) is 6.67 Å². The minimum absolute atomic E-state index is 0.537. The Morgan fingerprint density at radius 1 is 1.83 bits per heavy atom. The number of hydrogen-bond acceptors (Lipinski definition) is 2. The lowest BCUT2D eigenvalue weighted by molar-refractivity contribution is 0.946. The highest BCUT2D eigenvalue weighted by Crippen LogP contribution is 1.73. The maximum atomic E-state index is 6.84. The van der Waals surface area contributed by atoms with E-state index in [9.17, 15) is 0 Å². The molecule has 0 atom stereocenters. The predicted molar refractivity (Wildman–Crippen MR) is 23.2 cm³/mol. The Morgan fingerprint density at radius 3 is 2.83 bits per heavy atom. The van der Waals surface area contributed by atoms with Gasteiger partial charge < -0.3 is 5.32 Å². The lowest BCUT2D eigenvalue weighted by Crippen LogP contribution is -2.10. The molecule has 0 spiro atoms. The van der Waals surface area contributed by atoms with Gasteiger partial charge in [0.15, 0.2) is 0 Å². The summed E-state index contributed by atoms with van der Waals surface area (Å²) in [7, 11) is 0. The Kier molecular flexibility index (Phi) is 0.759.